The highest BCUT2D eigenvalue weighted by molar-refractivity contribution is 7.80. The van der Waals surface area contributed by atoms with E-state index in [0.29, 0.717) is 12.0 Å². The normalized spacial score (nSPS) is 32.0. The maximum Gasteiger partial charge on any atom is 0.227 e. The predicted molar refractivity (Wildman–Crippen MR) is 56.3 cm³/mol. The fraction of sp³-hybridized carbons (Fsp3) is 0.778. The SMILES string of the molecule is CC1CC(NC(=O)CC(N)=S)C1C. The Kier molecular flexibility index (Phi) is 3.25. The molecule has 1 fully saturated rings. The van der Waals surface area contributed by atoms with Crippen LogP contribution in [0.15, 0.2) is 0 Å². The zero-order valence-corrected chi connectivity index (χ0v) is 8.86. The van der Waals surface area contributed by atoms with E-state index in [0.717, 1.165) is 12.3 Å². The molecular formula is C9H16N2OS. The quantitative estimate of drug-likeness (QED) is 0.663. The van der Waals surface area contributed by atoms with Crippen LogP contribution >= 0.6 is 12.2 Å². The van der Waals surface area contributed by atoms with E-state index in [2.05, 4.69) is 31.4 Å². The van der Waals surface area contributed by atoms with Crippen LogP contribution in [0.3, 0.4) is 0 Å². The van der Waals surface area contributed by atoms with Gasteiger partial charge in [-0.3, -0.25) is 4.79 Å². The number of carbonyl (C=O) groups excluding carboxylic acids is 1. The molecule has 0 aromatic carbocycles. The third-order valence-corrected chi connectivity index (χ3v) is 2.98. The lowest BCUT2D eigenvalue weighted by Crippen LogP contribution is -2.50. The Morgan fingerprint density at radius 3 is 2.62 bits per heavy atom. The molecule has 1 aliphatic rings. The van der Waals surface area contributed by atoms with Gasteiger partial charge in [-0.05, 0) is 18.3 Å². The summed E-state index contributed by atoms with van der Waals surface area (Å²) >= 11 is 4.65. The van der Waals surface area contributed by atoms with Crippen molar-refractivity contribution in [1.29, 1.82) is 0 Å². The van der Waals surface area contributed by atoms with Crippen LogP contribution in [0.1, 0.15) is 26.7 Å². The molecule has 1 amide bonds. The standard InChI is InChI=1S/C9H16N2OS/c1-5-3-7(6(5)2)11-9(12)4-8(10)13/h5-7H,3-4H2,1-2H3,(H2,10,13)(H,11,12). The van der Waals surface area contributed by atoms with E-state index in [1.54, 1.807) is 0 Å². The monoisotopic (exact) mass is 200 g/mol. The van der Waals surface area contributed by atoms with E-state index in [1.807, 2.05) is 0 Å². The van der Waals surface area contributed by atoms with Gasteiger partial charge in [-0.1, -0.05) is 26.1 Å². The summed E-state index contributed by atoms with van der Waals surface area (Å²) in [6, 6.07) is 0.330. The molecule has 3 N–H and O–H groups in total. The van der Waals surface area contributed by atoms with Gasteiger partial charge in [-0.2, -0.15) is 0 Å². The Bertz CT molecular complexity index is 230. The summed E-state index contributed by atoms with van der Waals surface area (Å²) in [5, 5.41) is 2.92. The predicted octanol–water partition coefficient (Wildman–Crippen LogP) is 0.823. The Hall–Kier alpha value is -0.640. The lowest BCUT2D eigenvalue weighted by molar-refractivity contribution is -0.122. The molecule has 13 heavy (non-hydrogen) atoms. The van der Waals surface area contributed by atoms with Crippen molar-refractivity contribution in [2.75, 3.05) is 0 Å². The number of rotatable bonds is 3. The first-order chi connectivity index (χ1) is 6.00. The number of amides is 1. The van der Waals surface area contributed by atoms with Crippen LogP contribution in [-0.2, 0) is 4.79 Å². The van der Waals surface area contributed by atoms with Crippen molar-refractivity contribution >= 4 is 23.1 Å². The van der Waals surface area contributed by atoms with Crippen molar-refractivity contribution in [1.82, 2.24) is 5.32 Å². The summed E-state index contributed by atoms with van der Waals surface area (Å²) in [5.74, 6) is 1.25. The number of thiocarbonyl (C=S) groups is 1. The molecule has 0 aliphatic heterocycles. The van der Waals surface area contributed by atoms with Gasteiger partial charge in [-0.25, -0.2) is 0 Å². The maximum absolute atomic E-state index is 11.2. The topological polar surface area (TPSA) is 55.1 Å². The first-order valence-corrected chi connectivity index (χ1v) is 4.99. The third kappa shape index (κ3) is 2.66. The smallest absolute Gasteiger partial charge is 0.227 e. The van der Waals surface area contributed by atoms with E-state index >= 15 is 0 Å². The van der Waals surface area contributed by atoms with Crippen LogP contribution in [-0.4, -0.2) is 16.9 Å². The third-order valence-electron chi connectivity index (χ3n) is 2.84. The summed E-state index contributed by atoms with van der Waals surface area (Å²) in [7, 11) is 0. The van der Waals surface area contributed by atoms with Gasteiger partial charge in [-0.15, -0.1) is 0 Å². The van der Waals surface area contributed by atoms with Crippen LogP contribution in [0.25, 0.3) is 0 Å². The highest BCUT2D eigenvalue weighted by Gasteiger charge is 2.34. The zero-order valence-electron chi connectivity index (χ0n) is 8.04. The van der Waals surface area contributed by atoms with Gasteiger partial charge in [0, 0.05) is 6.04 Å². The molecule has 3 nitrogen and oxygen atoms in total. The molecule has 1 saturated carbocycles. The molecule has 1 aliphatic carbocycles. The van der Waals surface area contributed by atoms with E-state index in [1.165, 1.54) is 0 Å². The summed E-state index contributed by atoms with van der Waals surface area (Å²) in [6.07, 6.45) is 1.25. The van der Waals surface area contributed by atoms with Crippen molar-refractivity contribution in [2.45, 2.75) is 32.7 Å². The maximum atomic E-state index is 11.2. The minimum atomic E-state index is -0.0451. The summed E-state index contributed by atoms with van der Waals surface area (Å²) in [4.78, 5) is 11.5. The van der Waals surface area contributed by atoms with E-state index in [9.17, 15) is 4.79 Å². The lowest BCUT2D eigenvalue weighted by atomic mass is 9.71. The Morgan fingerprint density at radius 1 is 1.62 bits per heavy atom. The Morgan fingerprint density at radius 2 is 2.23 bits per heavy atom. The summed E-state index contributed by atoms with van der Waals surface area (Å²) < 4.78 is 0. The molecule has 3 unspecified atom stereocenters. The molecule has 0 saturated heterocycles. The lowest BCUT2D eigenvalue weighted by Gasteiger charge is -2.41. The Balaban J connectivity index is 2.26. The van der Waals surface area contributed by atoms with Gasteiger partial charge in [0.2, 0.25) is 5.91 Å². The van der Waals surface area contributed by atoms with Gasteiger partial charge in [0.15, 0.2) is 0 Å². The second-order valence-corrected chi connectivity index (χ2v) is 4.41. The second kappa shape index (κ2) is 4.05. The van der Waals surface area contributed by atoms with Gasteiger partial charge in [0.05, 0.1) is 11.4 Å². The van der Waals surface area contributed by atoms with Crippen LogP contribution < -0.4 is 11.1 Å². The summed E-state index contributed by atoms with van der Waals surface area (Å²) in [5.41, 5.74) is 5.26. The molecule has 0 aromatic heterocycles. The highest BCUT2D eigenvalue weighted by Crippen LogP contribution is 2.33. The average molecular weight is 200 g/mol. The zero-order chi connectivity index (χ0) is 10.0. The molecule has 0 aromatic rings. The molecule has 74 valence electrons. The number of hydrogen-bond donors (Lipinski definition) is 2. The van der Waals surface area contributed by atoms with E-state index in [4.69, 9.17) is 5.73 Å². The number of nitrogens with one attached hydrogen (secondary N) is 1. The van der Waals surface area contributed by atoms with E-state index < -0.39 is 0 Å². The first kappa shape index (κ1) is 10.4. The average Bonchev–Trinajstić information content (AvgIpc) is 2.02. The molecule has 0 radical (unpaired) electrons. The molecule has 0 heterocycles. The van der Waals surface area contributed by atoms with Gasteiger partial charge in [0.25, 0.3) is 0 Å². The molecule has 0 spiro atoms. The van der Waals surface area contributed by atoms with Gasteiger partial charge >= 0.3 is 0 Å². The van der Waals surface area contributed by atoms with Crippen LogP contribution in [0.5, 0.6) is 0 Å². The number of carbonyl (C=O) groups is 1. The fourth-order valence-corrected chi connectivity index (χ4v) is 1.77. The fourth-order valence-electron chi connectivity index (χ4n) is 1.64. The highest BCUT2D eigenvalue weighted by atomic mass is 32.1. The minimum absolute atomic E-state index is 0.0451. The molecule has 0 bridgehead atoms. The first-order valence-electron chi connectivity index (χ1n) is 4.58. The molecule has 4 heteroatoms. The van der Waals surface area contributed by atoms with Crippen LogP contribution in [0.2, 0.25) is 0 Å². The minimum Gasteiger partial charge on any atom is -0.393 e. The number of nitrogens with two attached hydrogens (primary N) is 1. The van der Waals surface area contributed by atoms with Gasteiger partial charge in [0.1, 0.15) is 0 Å². The largest absolute Gasteiger partial charge is 0.393 e. The Labute approximate surface area is 84.1 Å². The number of hydrogen-bond acceptors (Lipinski definition) is 2. The molecule has 1 rings (SSSR count). The second-order valence-electron chi connectivity index (χ2n) is 3.89. The van der Waals surface area contributed by atoms with Crippen molar-refractivity contribution < 1.29 is 4.79 Å². The van der Waals surface area contributed by atoms with Crippen LogP contribution in [0, 0.1) is 11.8 Å². The summed E-state index contributed by atoms with van der Waals surface area (Å²) in [6.45, 7) is 4.35. The molecular weight excluding hydrogens is 184 g/mol. The van der Waals surface area contributed by atoms with Crippen molar-refractivity contribution in [3.63, 3.8) is 0 Å². The van der Waals surface area contributed by atoms with E-state index in [-0.39, 0.29) is 17.3 Å². The van der Waals surface area contributed by atoms with Crippen molar-refractivity contribution in [3.05, 3.63) is 0 Å². The van der Waals surface area contributed by atoms with Gasteiger partial charge < -0.3 is 11.1 Å². The van der Waals surface area contributed by atoms with Crippen LogP contribution in [0.4, 0.5) is 0 Å². The van der Waals surface area contributed by atoms with Crippen molar-refractivity contribution in [2.24, 2.45) is 17.6 Å². The van der Waals surface area contributed by atoms with Crippen molar-refractivity contribution in [3.8, 4) is 0 Å². The molecule has 3 atom stereocenters.